The zero-order chi connectivity index (χ0) is 14.1. The fourth-order valence-corrected chi connectivity index (χ4v) is 5.29. The van der Waals surface area contributed by atoms with Crippen LogP contribution in [0.1, 0.15) is 19.3 Å². The van der Waals surface area contributed by atoms with Gasteiger partial charge < -0.3 is 5.73 Å². The minimum atomic E-state index is -3.49. The average Bonchev–Trinajstić information content (AvgIpc) is 2.27. The maximum atomic E-state index is 12.3. The standard InChI is InChI=1S/C12H17BrN2O2S2/c1-18-12(5-2-6-12)8-15-19(16,17)11-4-3-9(14)7-10(11)13/h3-4,7,15H,2,5-6,8,14H2,1H3. The van der Waals surface area contributed by atoms with Crippen LogP contribution in [-0.2, 0) is 10.0 Å². The van der Waals surface area contributed by atoms with E-state index in [4.69, 9.17) is 5.73 Å². The fourth-order valence-electron chi connectivity index (χ4n) is 2.06. The van der Waals surface area contributed by atoms with E-state index in [9.17, 15) is 8.42 Å². The second-order valence-corrected chi connectivity index (χ2v) is 8.62. The molecule has 0 amide bonds. The third-order valence-corrected chi connectivity index (χ3v) is 7.32. The monoisotopic (exact) mass is 364 g/mol. The van der Waals surface area contributed by atoms with Crippen LogP contribution >= 0.6 is 27.7 Å². The van der Waals surface area contributed by atoms with Gasteiger partial charge in [0.05, 0.1) is 4.90 Å². The van der Waals surface area contributed by atoms with Crippen molar-refractivity contribution >= 4 is 43.4 Å². The third kappa shape index (κ3) is 3.26. The Labute approximate surface area is 126 Å². The average molecular weight is 365 g/mol. The zero-order valence-electron chi connectivity index (χ0n) is 10.6. The molecule has 0 aliphatic heterocycles. The van der Waals surface area contributed by atoms with Crippen LogP contribution in [0.4, 0.5) is 5.69 Å². The van der Waals surface area contributed by atoms with Crippen molar-refractivity contribution in [2.24, 2.45) is 0 Å². The molecule has 1 fully saturated rings. The summed E-state index contributed by atoms with van der Waals surface area (Å²) in [7, 11) is -3.49. The van der Waals surface area contributed by atoms with Crippen molar-refractivity contribution in [2.45, 2.75) is 28.9 Å². The molecule has 1 aliphatic carbocycles. The summed E-state index contributed by atoms with van der Waals surface area (Å²) >= 11 is 4.99. The van der Waals surface area contributed by atoms with Crippen LogP contribution in [0, 0.1) is 0 Å². The Hall–Kier alpha value is -0.240. The van der Waals surface area contributed by atoms with Gasteiger partial charge in [0.1, 0.15) is 0 Å². The van der Waals surface area contributed by atoms with Gasteiger partial charge in [0, 0.05) is 21.5 Å². The number of thioether (sulfide) groups is 1. The van der Waals surface area contributed by atoms with Crippen LogP contribution < -0.4 is 10.5 Å². The molecule has 1 saturated carbocycles. The number of benzene rings is 1. The fraction of sp³-hybridized carbons (Fsp3) is 0.500. The van der Waals surface area contributed by atoms with Crippen LogP contribution in [0.25, 0.3) is 0 Å². The summed E-state index contributed by atoms with van der Waals surface area (Å²) in [4.78, 5) is 0.234. The lowest BCUT2D eigenvalue weighted by atomic mass is 9.84. The highest BCUT2D eigenvalue weighted by Crippen LogP contribution is 2.42. The first-order valence-corrected chi connectivity index (χ1v) is 9.48. The van der Waals surface area contributed by atoms with Gasteiger partial charge >= 0.3 is 0 Å². The molecule has 0 saturated heterocycles. The number of anilines is 1. The van der Waals surface area contributed by atoms with Gasteiger partial charge in [-0.15, -0.1) is 0 Å². The first kappa shape index (κ1) is 15.2. The molecular weight excluding hydrogens is 348 g/mol. The van der Waals surface area contributed by atoms with Gasteiger partial charge in [-0.25, -0.2) is 13.1 Å². The molecule has 0 unspecified atom stereocenters. The summed E-state index contributed by atoms with van der Waals surface area (Å²) in [6, 6.07) is 4.71. The summed E-state index contributed by atoms with van der Waals surface area (Å²) in [5.74, 6) is 0. The molecule has 0 bridgehead atoms. The van der Waals surface area contributed by atoms with Gasteiger partial charge in [-0.3, -0.25) is 0 Å². The quantitative estimate of drug-likeness (QED) is 0.787. The molecule has 4 nitrogen and oxygen atoms in total. The molecule has 7 heteroatoms. The maximum Gasteiger partial charge on any atom is 0.241 e. The number of hydrogen-bond acceptors (Lipinski definition) is 4. The topological polar surface area (TPSA) is 72.2 Å². The van der Waals surface area contributed by atoms with Crippen LogP contribution in [0.15, 0.2) is 27.6 Å². The normalized spacial score (nSPS) is 18.0. The largest absolute Gasteiger partial charge is 0.399 e. The predicted molar refractivity (Wildman–Crippen MR) is 83.8 cm³/mol. The Balaban J connectivity index is 2.14. The van der Waals surface area contributed by atoms with Gasteiger partial charge in [0.15, 0.2) is 0 Å². The van der Waals surface area contributed by atoms with Crippen LogP contribution in [0.5, 0.6) is 0 Å². The van der Waals surface area contributed by atoms with Crippen molar-refractivity contribution in [3.8, 4) is 0 Å². The first-order valence-electron chi connectivity index (χ1n) is 5.98. The molecule has 0 aromatic heterocycles. The van der Waals surface area contributed by atoms with Gasteiger partial charge in [0.2, 0.25) is 10.0 Å². The first-order chi connectivity index (χ1) is 8.88. The summed E-state index contributed by atoms with van der Waals surface area (Å²) in [5, 5.41) is 0. The second kappa shape index (κ2) is 5.63. The minimum absolute atomic E-state index is 0.0767. The van der Waals surface area contributed by atoms with E-state index in [1.54, 1.807) is 23.9 Å². The molecule has 0 radical (unpaired) electrons. The van der Waals surface area contributed by atoms with Crippen molar-refractivity contribution in [3.05, 3.63) is 22.7 Å². The molecule has 3 N–H and O–H groups in total. The van der Waals surface area contributed by atoms with E-state index in [0.717, 1.165) is 12.8 Å². The third-order valence-electron chi connectivity index (χ3n) is 3.53. The van der Waals surface area contributed by atoms with E-state index in [0.29, 0.717) is 16.7 Å². The summed E-state index contributed by atoms with van der Waals surface area (Å²) in [6.07, 6.45) is 5.35. The number of rotatable bonds is 5. The smallest absolute Gasteiger partial charge is 0.241 e. The molecule has 0 spiro atoms. The molecule has 1 aliphatic rings. The summed E-state index contributed by atoms with van der Waals surface area (Å²) < 4.78 is 27.8. The van der Waals surface area contributed by atoms with E-state index in [1.807, 2.05) is 6.26 Å². The Morgan fingerprint density at radius 1 is 1.47 bits per heavy atom. The van der Waals surface area contributed by atoms with Crippen LogP contribution in [-0.4, -0.2) is 26.0 Å². The number of nitrogen functional groups attached to an aromatic ring is 1. The number of halogens is 1. The molecular formula is C12H17BrN2O2S2. The number of nitrogens with one attached hydrogen (secondary N) is 1. The van der Waals surface area contributed by atoms with Crippen molar-refractivity contribution in [2.75, 3.05) is 18.5 Å². The van der Waals surface area contributed by atoms with Crippen LogP contribution in [0.3, 0.4) is 0 Å². The molecule has 1 aromatic carbocycles. The van der Waals surface area contributed by atoms with E-state index < -0.39 is 10.0 Å². The highest BCUT2D eigenvalue weighted by Gasteiger charge is 2.37. The Bertz CT molecular complexity index is 566. The van der Waals surface area contributed by atoms with E-state index >= 15 is 0 Å². The molecule has 1 aromatic rings. The minimum Gasteiger partial charge on any atom is -0.399 e. The highest BCUT2D eigenvalue weighted by atomic mass is 79.9. The van der Waals surface area contributed by atoms with Crippen molar-refractivity contribution < 1.29 is 8.42 Å². The van der Waals surface area contributed by atoms with Crippen molar-refractivity contribution in [1.82, 2.24) is 4.72 Å². The maximum absolute atomic E-state index is 12.3. The lowest BCUT2D eigenvalue weighted by Crippen LogP contribution is -2.45. The van der Waals surface area contributed by atoms with Gasteiger partial charge in [0.25, 0.3) is 0 Å². The van der Waals surface area contributed by atoms with Gasteiger partial charge in [-0.1, -0.05) is 6.42 Å². The second-order valence-electron chi connectivity index (χ2n) is 4.76. The summed E-state index contributed by atoms with van der Waals surface area (Å²) in [6.45, 7) is 0.479. The van der Waals surface area contributed by atoms with Gasteiger partial charge in [-0.05, 0) is 53.2 Å². The SMILES string of the molecule is CSC1(CNS(=O)(=O)c2ccc(N)cc2Br)CCC1. The van der Waals surface area contributed by atoms with Crippen molar-refractivity contribution in [1.29, 1.82) is 0 Å². The van der Waals surface area contributed by atoms with E-state index in [-0.39, 0.29) is 9.64 Å². The van der Waals surface area contributed by atoms with E-state index in [1.165, 1.54) is 12.5 Å². The molecule has 0 heterocycles. The number of hydrogen-bond donors (Lipinski definition) is 2. The van der Waals surface area contributed by atoms with Crippen LogP contribution in [0.2, 0.25) is 0 Å². The van der Waals surface area contributed by atoms with Crippen molar-refractivity contribution in [3.63, 3.8) is 0 Å². The molecule has 19 heavy (non-hydrogen) atoms. The molecule has 0 atom stereocenters. The Morgan fingerprint density at radius 2 is 2.16 bits per heavy atom. The Kier molecular flexibility index (Phi) is 4.49. The number of nitrogens with two attached hydrogens (primary N) is 1. The summed E-state index contributed by atoms with van der Waals surface area (Å²) in [5.41, 5.74) is 6.15. The Morgan fingerprint density at radius 3 is 2.63 bits per heavy atom. The zero-order valence-corrected chi connectivity index (χ0v) is 13.9. The molecule has 106 valence electrons. The lowest BCUT2D eigenvalue weighted by molar-refractivity contribution is 0.362. The molecule has 2 rings (SSSR count). The highest BCUT2D eigenvalue weighted by molar-refractivity contribution is 9.10. The van der Waals surface area contributed by atoms with Gasteiger partial charge in [-0.2, -0.15) is 11.8 Å². The lowest BCUT2D eigenvalue weighted by Gasteiger charge is -2.40. The van der Waals surface area contributed by atoms with E-state index in [2.05, 4.69) is 20.7 Å². The predicted octanol–water partition coefficient (Wildman–Crippen LogP) is 2.60. The number of sulfonamides is 1.